The number of aliphatic hydroxyl groups excluding tert-OH is 1. The fourth-order valence-corrected chi connectivity index (χ4v) is 4.38. The number of anilines is 1. The van der Waals surface area contributed by atoms with Crippen molar-refractivity contribution < 1.29 is 18.3 Å². The third kappa shape index (κ3) is 2.48. The van der Waals surface area contributed by atoms with Crippen molar-refractivity contribution in [1.82, 2.24) is 4.31 Å². The van der Waals surface area contributed by atoms with Gasteiger partial charge in [0, 0.05) is 12.6 Å². The number of aliphatic hydroxyl groups is 1. The lowest BCUT2D eigenvalue weighted by atomic mass is 10.0. The third-order valence-electron chi connectivity index (χ3n) is 3.82. The summed E-state index contributed by atoms with van der Waals surface area (Å²) < 4.78 is 31.7. The Morgan fingerprint density at radius 2 is 2.20 bits per heavy atom. The first-order valence-electron chi connectivity index (χ1n) is 6.48. The summed E-state index contributed by atoms with van der Waals surface area (Å²) in [6.45, 7) is 2.16. The molecule has 2 atom stereocenters. The van der Waals surface area contributed by atoms with E-state index in [2.05, 4.69) is 0 Å². The van der Waals surface area contributed by atoms with Crippen molar-refractivity contribution in [3.63, 3.8) is 0 Å². The molecule has 3 N–H and O–H groups in total. The van der Waals surface area contributed by atoms with Gasteiger partial charge in [0.25, 0.3) is 0 Å². The molecule has 1 aromatic carbocycles. The lowest BCUT2D eigenvalue weighted by molar-refractivity contribution is 0.191. The number of nitrogen functional groups attached to an aromatic ring is 1. The highest BCUT2D eigenvalue weighted by Crippen LogP contribution is 2.33. The van der Waals surface area contributed by atoms with Gasteiger partial charge in [-0.2, -0.15) is 4.31 Å². The van der Waals surface area contributed by atoms with Crippen LogP contribution >= 0.6 is 0 Å². The quantitative estimate of drug-likeness (QED) is 0.797. The molecule has 0 saturated carbocycles. The maximum absolute atomic E-state index is 12.7. The van der Waals surface area contributed by atoms with E-state index < -0.39 is 10.0 Å². The van der Waals surface area contributed by atoms with Crippen molar-refractivity contribution in [3.8, 4) is 5.75 Å². The molecule has 2 rings (SSSR count). The predicted octanol–water partition coefficient (Wildman–Crippen LogP) is 0.669. The van der Waals surface area contributed by atoms with Gasteiger partial charge in [0.1, 0.15) is 10.6 Å². The van der Waals surface area contributed by atoms with Crippen LogP contribution in [0.4, 0.5) is 5.69 Å². The zero-order valence-corrected chi connectivity index (χ0v) is 12.4. The number of hydrogen-bond donors (Lipinski definition) is 2. The van der Waals surface area contributed by atoms with Crippen LogP contribution in [0.15, 0.2) is 23.1 Å². The van der Waals surface area contributed by atoms with E-state index in [0.717, 1.165) is 6.42 Å². The summed E-state index contributed by atoms with van der Waals surface area (Å²) in [5, 5.41) is 9.41. The van der Waals surface area contributed by atoms with Gasteiger partial charge >= 0.3 is 0 Å². The molecule has 0 spiro atoms. The normalized spacial score (nSPS) is 23.9. The Hall–Kier alpha value is -1.31. The number of nitrogens with two attached hydrogens (primary N) is 1. The highest BCUT2D eigenvalue weighted by Gasteiger charge is 2.39. The van der Waals surface area contributed by atoms with Crippen molar-refractivity contribution in [2.45, 2.75) is 24.3 Å². The Bertz CT molecular complexity index is 588. The topological polar surface area (TPSA) is 92.9 Å². The van der Waals surface area contributed by atoms with E-state index in [0.29, 0.717) is 12.3 Å². The predicted molar refractivity (Wildman–Crippen MR) is 76.0 cm³/mol. The molecule has 20 heavy (non-hydrogen) atoms. The van der Waals surface area contributed by atoms with E-state index in [4.69, 9.17) is 10.5 Å². The van der Waals surface area contributed by atoms with Crippen molar-refractivity contribution in [2.24, 2.45) is 5.92 Å². The Kier molecular flexibility index (Phi) is 4.22. The molecule has 1 aromatic rings. The Morgan fingerprint density at radius 3 is 2.75 bits per heavy atom. The molecule has 1 heterocycles. The molecule has 1 aliphatic heterocycles. The van der Waals surface area contributed by atoms with Gasteiger partial charge in [0.05, 0.1) is 25.4 Å². The fraction of sp³-hybridized carbons (Fsp3) is 0.538. The fourth-order valence-electron chi connectivity index (χ4n) is 2.56. The minimum absolute atomic E-state index is 0.0610. The summed E-state index contributed by atoms with van der Waals surface area (Å²) >= 11 is 0. The molecular formula is C13H20N2O4S. The van der Waals surface area contributed by atoms with Crippen LogP contribution in [0, 0.1) is 5.92 Å². The van der Waals surface area contributed by atoms with Crippen LogP contribution in [0.25, 0.3) is 0 Å². The van der Waals surface area contributed by atoms with Crippen LogP contribution in [0.2, 0.25) is 0 Å². The van der Waals surface area contributed by atoms with Gasteiger partial charge in [-0.25, -0.2) is 8.42 Å². The minimum atomic E-state index is -3.70. The summed E-state index contributed by atoms with van der Waals surface area (Å²) in [4.78, 5) is 0.0610. The molecule has 112 valence electrons. The molecule has 0 bridgehead atoms. The summed E-state index contributed by atoms with van der Waals surface area (Å²) in [6, 6.07) is 4.11. The summed E-state index contributed by atoms with van der Waals surface area (Å²) in [5.74, 6) is 0.643. The molecule has 1 fully saturated rings. The second-order valence-electron chi connectivity index (χ2n) is 5.04. The zero-order valence-electron chi connectivity index (χ0n) is 11.6. The maximum Gasteiger partial charge on any atom is 0.245 e. The van der Waals surface area contributed by atoms with Gasteiger partial charge in [0.2, 0.25) is 10.0 Å². The zero-order chi connectivity index (χ0) is 14.9. The van der Waals surface area contributed by atoms with Crippen molar-refractivity contribution in [1.29, 1.82) is 0 Å². The van der Waals surface area contributed by atoms with Crippen molar-refractivity contribution in [2.75, 3.05) is 26.0 Å². The molecule has 7 heteroatoms. The largest absolute Gasteiger partial charge is 0.497 e. The van der Waals surface area contributed by atoms with Crippen molar-refractivity contribution >= 4 is 15.7 Å². The first kappa shape index (κ1) is 15.1. The van der Waals surface area contributed by atoms with Crippen LogP contribution < -0.4 is 10.5 Å². The first-order valence-corrected chi connectivity index (χ1v) is 7.92. The Labute approximate surface area is 119 Å². The van der Waals surface area contributed by atoms with Gasteiger partial charge in [-0.15, -0.1) is 0 Å². The van der Waals surface area contributed by atoms with Gasteiger partial charge in [0.15, 0.2) is 0 Å². The van der Waals surface area contributed by atoms with Gasteiger partial charge < -0.3 is 15.6 Å². The standard InChI is InChI=1S/C13H20N2O4S/c1-9-5-6-15(12(9)8-16)20(17,18)13-4-3-10(19-2)7-11(13)14/h3-4,7,9,12,16H,5-6,8,14H2,1-2H3. The summed E-state index contributed by atoms with van der Waals surface area (Å²) in [6.07, 6.45) is 0.737. The number of ether oxygens (including phenoxy) is 1. The lowest BCUT2D eigenvalue weighted by Gasteiger charge is -2.25. The number of nitrogens with zero attached hydrogens (tertiary/aromatic N) is 1. The average molecular weight is 300 g/mol. The van der Waals surface area contributed by atoms with E-state index in [-0.39, 0.29) is 29.1 Å². The minimum Gasteiger partial charge on any atom is -0.497 e. The molecule has 0 aromatic heterocycles. The van der Waals surface area contributed by atoms with E-state index in [1.807, 2.05) is 6.92 Å². The highest BCUT2D eigenvalue weighted by atomic mass is 32.2. The summed E-state index contributed by atoms with van der Waals surface area (Å²) in [5.41, 5.74) is 5.98. The van der Waals surface area contributed by atoms with E-state index in [9.17, 15) is 13.5 Å². The first-order chi connectivity index (χ1) is 9.41. The van der Waals surface area contributed by atoms with E-state index in [1.54, 1.807) is 6.07 Å². The number of rotatable bonds is 4. The average Bonchev–Trinajstić information content (AvgIpc) is 2.79. The highest BCUT2D eigenvalue weighted by molar-refractivity contribution is 7.89. The van der Waals surface area contributed by atoms with Gasteiger partial charge in [-0.05, 0) is 24.5 Å². The van der Waals surface area contributed by atoms with Crippen LogP contribution in [-0.4, -0.2) is 44.1 Å². The van der Waals surface area contributed by atoms with Gasteiger partial charge in [-0.1, -0.05) is 6.92 Å². The van der Waals surface area contributed by atoms with E-state index in [1.165, 1.54) is 23.5 Å². The molecule has 1 saturated heterocycles. The Morgan fingerprint density at radius 1 is 1.50 bits per heavy atom. The SMILES string of the molecule is COc1ccc(S(=O)(=O)N2CCC(C)C2CO)c(N)c1. The Balaban J connectivity index is 2.40. The molecule has 0 amide bonds. The lowest BCUT2D eigenvalue weighted by Crippen LogP contribution is -2.40. The molecule has 1 aliphatic rings. The van der Waals surface area contributed by atoms with Crippen LogP contribution in [0.1, 0.15) is 13.3 Å². The molecule has 2 unspecified atom stereocenters. The number of hydrogen-bond acceptors (Lipinski definition) is 5. The molecule has 0 radical (unpaired) electrons. The van der Waals surface area contributed by atoms with Crippen molar-refractivity contribution in [3.05, 3.63) is 18.2 Å². The maximum atomic E-state index is 12.7. The number of methoxy groups -OCH3 is 1. The van der Waals surface area contributed by atoms with Gasteiger partial charge in [-0.3, -0.25) is 0 Å². The van der Waals surface area contributed by atoms with Crippen LogP contribution in [-0.2, 0) is 10.0 Å². The molecular weight excluding hydrogens is 280 g/mol. The smallest absolute Gasteiger partial charge is 0.245 e. The second-order valence-corrected chi connectivity index (χ2v) is 6.89. The third-order valence-corrected chi connectivity index (χ3v) is 5.82. The second kappa shape index (κ2) is 5.59. The number of benzene rings is 1. The van der Waals surface area contributed by atoms with Crippen LogP contribution in [0.5, 0.6) is 5.75 Å². The summed E-state index contributed by atoms with van der Waals surface area (Å²) in [7, 11) is -2.20. The molecule has 0 aliphatic carbocycles. The monoisotopic (exact) mass is 300 g/mol. The van der Waals surface area contributed by atoms with Crippen LogP contribution in [0.3, 0.4) is 0 Å². The number of sulfonamides is 1. The molecule has 6 nitrogen and oxygen atoms in total. The van der Waals surface area contributed by atoms with E-state index >= 15 is 0 Å².